The van der Waals surface area contributed by atoms with E-state index in [9.17, 15) is 4.79 Å². The summed E-state index contributed by atoms with van der Waals surface area (Å²) < 4.78 is 0. The zero-order chi connectivity index (χ0) is 12.5. The van der Waals surface area contributed by atoms with Gasteiger partial charge in [0.25, 0.3) is 0 Å². The second kappa shape index (κ2) is 4.49. The maximum Gasteiger partial charge on any atom is 0.335 e. The van der Waals surface area contributed by atoms with Crippen molar-refractivity contribution < 1.29 is 9.90 Å². The number of carbonyl (C=O) groups is 1. The molecule has 1 aromatic rings. The third-order valence-electron chi connectivity index (χ3n) is 3.67. The summed E-state index contributed by atoms with van der Waals surface area (Å²) in [5.41, 5.74) is 1.90. The Bertz CT molecular complexity index is 405. The van der Waals surface area contributed by atoms with Crippen molar-refractivity contribution in [2.24, 2.45) is 0 Å². The highest BCUT2D eigenvalue weighted by Gasteiger charge is 2.38. The van der Waals surface area contributed by atoms with E-state index in [2.05, 4.69) is 19.0 Å². The molecule has 0 aromatic heterocycles. The van der Waals surface area contributed by atoms with Crippen molar-refractivity contribution in [1.29, 1.82) is 0 Å². The summed E-state index contributed by atoms with van der Waals surface area (Å²) in [7, 11) is 4.18. The first-order valence-corrected chi connectivity index (χ1v) is 6.02. The largest absolute Gasteiger partial charge is 0.478 e. The molecule has 17 heavy (non-hydrogen) atoms. The smallest absolute Gasteiger partial charge is 0.335 e. The number of aromatic carboxylic acids is 1. The monoisotopic (exact) mass is 233 g/mol. The van der Waals surface area contributed by atoms with Crippen LogP contribution < -0.4 is 0 Å². The Kier molecular flexibility index (Phi) is 3.20. The number of nitrogens with zero attached hydrogens (tertiary/aromatic N) is 1. The van der Waals surface area contributed by atoms with Gasteiger partial charge in [0.15, 0.2) is 0 Å². The van der Waals surface area contributed by atoms with Gasteiger partial charge in [-0.3, -0.25) is 0 Å². The van der Waals surface area contributed by atoms with Crippen molar-refractivity contribution in [2.45, 2.75) is 24.7 Å². The average Bonchev–Trinajstić information content (AvgIpc) is 2.23. The van der Waals surface area contributed by atoms with Crippen molar-refractivity contribution in [2.75, 3.05) is 20.6 Å². The van der Waals surface area contributed by atoms with Gasteiger partial charge in [0.1, 0.15) is 0 Å². The summed E-state index contributed by atoms with van der Waals surface area (Å²) in [6.07, 6.45) is 3.68. The molecule has 1 saturated carbocycles. The summed E-state index contributed by atoms with van der Waals surface area (Å²) in [4.78, 5) is 13.0. The van der Waals surface area contributed by atoms with E-state index in [1.807, 2.05) is 12.1 Å². The first kappa shape index (κ1) is 12.1. The molecule has 1 fully saturated rings. The average molecular weight is 233 g/mol. The van der Waals surface area contributed by atoms with Gasteiger partial charge in [-0.1, -0.05) is 18.6 Å². The molecule has 3 nitrogen and oxygen atoms in total. The highest BCUT2D eigenvalue weighted by atomic mass is 16.4. The van der Waals surface area contributed by atoms with Crippen LogP contribution in [0.1, 0.15) is 35.2 Å². The Hall–Kier alpha value is -1.35. The first-order chi connectivity index (χ1) is 8.03. The molecule has 0 saturated heterocycles. The van der Waals surface area contributed by atoms with E-state index in [4.69, 9.17) is 5.11 Å². The molecule has 0 atom stereocenters. The van der Waals surface area contributed by atoms with E-state index in [1.54, 1.807) is 12.1 Å². The summed E-state index contributed by atoms with van der Waals surface area (Å²) in [6.45, 7) is 1.04. The van der Waals surface area contributed by atoms with Crippen LogP contribution in [0.5, 0.6) is 0 Å². The van der Waals surface area contributed by atoms with Crippen LogP contribution in [0.2, 0.25) is 0 Å². The van der Waals surface area contributed by atoms with E-state index in [-0.39, 0.29) is 5.41 Å². The Balaban J connectivity index is 2.23. The lowest BCUT2D eigenvalue weighted by Gasteiger charge is -2.44. The molecule has 0 spiro atoms. The van der Waals surface area contributed by atoms with Gasteiger partial charge in [0.05, 0.1) is 5.56 Å². The topological polar surface area (TPSA) is 40.5 Å². The SMILES string of the molecule is CN(C)CC1(c2ccc(C(=O)O)cc2)CCC1. The molecule has 1 aromatic carbocycles. The summed E-state index contributed by atoms with van der Waals surface area (Å²) in [5.74, 6) is -0.855. The third kappa shape index (κ3) is 2.34. The van der Waals surface area contributed by atoms with Crippen LogP contribution in [0.3, 0.4) is 0 Å². The summed E-state index contributed by atoms with van der Waals surface area (Å²) >= 11 is 0. The summed E-state index contributed by atoms with van der Waals surface area (Å²) in [6, 6.07) is 7.39. The predicted octanol–water partition coefficient (Wildman–Crippen LogP) is 2.37. The van der Waals surface area contributed by atoms with Crippen LogP contribution in [0.15, 0.2) is 24.3 Å². The standard InChI is InChI=1S/C14H19NO2/c1-15(2)10-14(8-3-9-14)12-6-4-11(5-7-12)13(16)17/h4-7H,3,8-10H2,1-2H3,(H,16,17). The molecule has 3 heteroatoms. The molecule has 0 radical (unpaired) electrons. The fourth-order valence-corrected chi connectivity index (χ4v) is 2.71. The molecule has 1 aliphatic carbocycles. The molecule has 0 heterocycles. The quantitative estimate of drug-likeness (QED) is 0.868. The lowest BCUT2D eigenvalue weighted by atomic mass is 9.64. The second-order valence-corrected chi connectivity index (χ2v) is 5.25. The molecule has 2 rings (SSSR count). The zero-order valence-corrected chi connectivity index (χ0v) is 10.4. The van der Waals surface area contributed by atoms with Crippen molar-refractivity contribution >= 4 is 5.97 Å². The molecule has 0 amide bonds. The van der Waals surface area contributed by atoms with Crippen molar-refractivity contribution in [1.82, 2.24) is 4.90 Å². The zero-order valence-electron chi connectivity index (χ0n) is 10.4. The number of benzene rings is 1. The minimum absolute atomic E-state index is 0.251. The first-order valence-electron chi connectivity index (χ1n) is 6.02. The minimum Gasteiger partial charge on any atom is -0.478 e. The normalized spacial score (nSPS) is 17.8. The molecule has 0 aliphatic heterocycles. The number of hydrogen-bond acceptors (Lipinski definition) is 2. The molecule has 92 valence electrons. The molecule has 0 unspecified atom stereocenters. The number of carboxylic acid groups (broad SMARTS) is 1. The lowest BCUT2D eigenvalue weighted by Crippen LogP contribution is -2.43. The Morgan fingerprint density at radius 3 is 2.24 bits per heavy atom. The van der Waals surface area contributed by atoms with E-state index < -0.39 is 5.97 Å². The van der Waals surface area contributed by atoms with Crippen LogP contribution in [0.4, 0.5) is 0 Å². The van der Waals surface area contributed by atoms with E-state index in [0.29, 0.717) is 5.56 Å². The van der Waals surface area contributed by atoms with Gasteiger partial charge in [-0.2, -0.15) is 0 Å². The van der Waals surface area contributed by atoms with E-state index >= 15 is 0 Å². The highest BCUT2D eigenvalue weighted by molar-refractivity contribution is 5.87. The van der Waals surface area contributed by atoms with Crippen LogP contribution in [-0.2, 0) is 5.41 Å². The Morgan fingerprint density at radius 1 is 1.29 bits per heavy atom. The Morgan fingerprint density at radius 2 is 1.88 bits per heavy atom. The highest BCUT2D eigenvalue weighted by Crippen LogP contribution is 2.44. The number of hydrogen-bond donors (Lipinski definition) is 1. The number of rotatable bonds is 4. The maximum absolute atomic E-state index is 10.8. The van der Waals surface area contributed by atoms with Crippen molar-refractivity contribution in [3.05, 3.63) is 35.4 Å². The van der Waals surface area contributed by atoms with Gasteiger partial charge < -0.3 is 10.0 Å². The second-order valence-electron chi connectivity index (χ2n) is 5.25. The lowest BCUT2D eigenvalue weighted by molar-refractivity contribution is 0.0696. The summed E-state index contributed by atoms with van der Waals surface area (Å²) in [5, 5.41) is 8.89. The van der Waals surface area contributed by atoms with Gasteiger partial charge in [-0.15, -0.1) is 0 Å². The molecular weight excluding hydrogens is 214 g/mol. The minimum atomic E-state index is -0.855. The van der Waals surface area contributed by atoms with Crippen LogP contribution in [0.25, 0.3) is 0 Å². The van der Waals surface area contributed by atoms with Gasteiger partial charge in [-0.25, -0.2) is 4.79 Å². The van der Waals surface area contributed by atoms with Gasteiger partial charge in [0.2, 0.25) is 0 Å². The van der Waals surface area contributed by atoms with Crippen LogP contribution in [-0.4, -0.2) is 36.6 Å². The Labute approximate surface area is 102 Å². The van der Waals surface area contributed by atoms with Crippen molar-refractivity contribution in [3.63, 3.8) is 0 Å². The van der Waals surface area contributed by atoms with E-state index in [0.717, 1.165) is 6.54 Å². The fourth-order valence-electron chi connectivity index (χ4n) is 2.71. The van der Waals surface area contributed by atoms with Gasteiger partial charge >= 0.3 is 5.97 Å². The van der Waals surface area contributed by atoms with Crippen LogP contribution >= 0.6 is 0 Å². The predicted molar refractivity (Wildman–Crippen MR) is 67.5 cm³/mol. The number of carboxylic acids is 1. The van der Waals surface area contributed by atoms with Gasteiger partial charge in [-0.05, 0) is 44.6 Å². The molecular formula is C14H19NO2. The molecule has 1 N–H and O–H groups in total. The van der Waals surface area contributed by atoms with Gasteiger partial charge in [0, 0.05) is 12.0 Å². The van der Waals surface area contributed by atoms with Crippen molar-refractivity contribution in [3.8, 4) is 0 Å². The molecule has 1 aliphatic rings. The maximum atomic E-state index is 10.8. The van der Waals surface area contributed by atoms with E-state index in [1.165, 1.54) is 24.8 Å². The fraction of sp³-hybridized carbons (Fsp3) is 0.500. The van der Waals surface area contributed by atoms with Crippen LogP contribution in [0, 0.1) is 0 Å². The molecule has 0 bridgehead atoms. The number of likely N-dealkylation sites (N-methyl/N-ethyl adjacent to an activating group) is 1. The third-order valence-corrected chi connectivity index (χ3v) is 3.67.